The Morgan fingerprint density at radius 3 is 2.17 bits per heavy atom. The van der Waals surface area contributed by atoms with E-state index in [1.54, 1.807) is 0 Å². The first-order chi connectivity index (χ1) is 8.10. The number of benzene rings is 1. The molecule has 0 aromatic heterocycles. The summed E-state index contributed by atoms with van der Waals surface area (Å²) in [5.74, 6) is 0.962. The lowest BCUT2D eigenvalue weighted by Crippen LogP contribution is -2.39. The Kier molecular flexibility index (Phi) is 2.73. The molecule has 0 spiro atoms. The van der Waals surface area contributed by atoms with Gasteiger partial charge in [0.1, 0.15) is 5.82 Å². The van der Waals surface area contributed by atoms with Crippen molar-refractivity contribution in [1.29, 1.82) is 0 Å². The molecule has 0 radical (unpaired) electrons. The number of rotatable bonds is 0. The molecule has 1 N–H and O–H groups in total. The van der Waals surface area contributed by atoms with Crippen LogP contribution in [0.25, 0.3) is 0 Å². The van der Waals surface area contributed by atoms with Gasteiger partial charge in [0.25, 0.3) is 0 Å². The van der Waals surface area contributed by atoms with E-state index in [0.29, 0.717) is 0 Å². The lowest BCUT2D eigenvalue weighted by atomic mass is 9.86. The fourth-order valence-electron chi connectivity index (χ4n) is 2.42. The molecule has 18 heavy (non-hydrogen) atoms. The molecule has 0 saturated heterocycles. The number of anilines is 2. The minimum absolute atomic E-state index is 0.0403. The smallest absolute Gasteiger partial charge is 0.103 e. The second-order valence-corrected chi connectivity index (χ2v) is 7.06. The standard InChI is InChI=1S/C16H24N2/c1-11-17-13-10-12(15(2,3)4)8-9-14(13)18(11)16(5,6)7/h8-10,17H,1H2,2-7H3. The van der Waals surface area contributed by atoms with Crippen molar-refractivity contribution in [2.24, 2.45) is 0 Å². The van der Waals surface area contributed by atoms with Crippen molar-refractivity contribution in [1.82, 2.24) is 0 Å². The molecule has 1 aliphatic rings. The Labute approximate surface area is 111 Å². The van der Waals surface area contributed by atoms with Gasteiger partial charge in [-0.1, -0.05) is 33.4 Å². The summed E-state index contributed by atoms with van der Waals surface area (Å²) in [7, 11) is 0. The van der Waals surface area contributed by atoms with E-state index in [1.165, 1.54) is 16.9 Å². The molecule has 0 aliphatic carbocycles. The van der Waals surface area contributed by atoms with Crippen LogP contribution in [0.15, 0.2) is 30.6 Å². The summed E-state index contributed by atoms with van der Waals surface area (Å²) >= 11 is 0. The van der Waals surface area contributed by atoms with Crippen molar-refractivity contribution in [2.45, 2.75) is 52.5 Å². The van der Waals surface area contributed by atoms with Crippen LogP contribution in [0.5, 0.6) is 0 Å². The van der Waals surface area contributed by atoms with Crippen molar-refractivity contribution in [3.05, 3.63) is 36.2 Å². The predicted octanol–water partition coefficient (Wildman–Crippen LogP) is 4.49. The molecule has 98 valence electrons. The molecule has 0 amide bonds. The first-order valence-electron chi connectivity index (χ1n) is 6.51. The SMILES string of the molecule is C=C1Nc2cc(C(C)(C)C)ccc2N1C(C)(C)C. The van der Waals surface area contributed by atoms with Gasteiger partial charge in [-0.25, -0.2) is 0 Å². The van der Waals surface area contributed by atoms with Crippen molar-refractivity contribution < 1.29 is 0 Å². The molecule has 2 heteroatoms. The molecular formula is C16H24N2. The summed E-state index contributed by atoms with van der Waals surface area (Å²) in [4.78, 5) is 2.26. The van der Waals surface area contributed by atoms with Crippen LogP contribution in [0.4, 0.5) is 11.4 Å². The fourth-order valence-corrected chi connectivity index (χ4v) is 2.42. The maximum atomic E-state index is 4.12. The third kappa shape index (κ3) is 2.12. The highest BCUT2D eigenvalue weighted by molar-refractivity contribution is 5.82. The van der Waals surface area contributed by atoms with Gasteiger partial charge >= 0.3 is 0 Å². The molecule has 0 unspecified atom stereocenters. The summed E-state index contributed by atoms with van der Waals surface area (Å²) in [6.45, 7) is 17.4. The second kappa shape index (κ2) is 3.78. The highest BCUT2D eigenvalue weighted by atomic mass is 15.3. The van der Waals surface area contributed by atoms with Crippen molar-refractivity contribution in [2.75, 3.05) is 10.2 Å². The molecule has 2 rings (SSSR count). The molecule has 0 fully saturated rings. The lowest BCUT2D eigenvalue weighted by Gasteiger charge is -2.34. The zero-order valence-electron chi connectivity index (χ0n) is 12.4. The van der Waals surface area contributed by atoms with Crippen molar-refractivity contribution in [3.8, 4) is 0 Å². The molecule has 2 nitrogen and oxygen atoms in total. The van der Waals surface area contributed by atoms with Gasteiger partial charge in [-0.2, -0.15) is 0 Å². The van der Waals surface area contributed by atoms with Crippen LogP contribution in [0, 0.1) is 0 Å². The van der Waals surface area contributed by atoms with E-state index >= 15 is 0 Å². The maximum Gasteiger partial charge on any atom is 0.103 e. The van der Waals surface area contributed by atoms with Crippen LogP contribution in [0.1, 0.15) is 47.1 Å². The summed E-state index contributed by atoms with van der Waals surface area (Å²) in [5, 5.41) is 3.40. The Morgan fingerprint density at radius 1 is 1.06 bits per heavy atom. The van der Waals surface area contributed by atoms with Gasteiger partial charge < -0.3 is 10.2 Å². The number of hydrogen-bond acceptors (Lipinski definition) is 2. The van der Waals surface area contributed by atoms with E-state index in [1.807, 2.05) is 0 Å². The van der Waals surface area contributed by atoms with E-state index in [2.05, 4.69) is 76.5 Å². The van der Waals surface area contributed by atoms with Crippen LogP contribution in [-0.4, -0.2) is 5.54 Å². The van der Waals surface area contributed by atoms with Gasteiger partial charge in [-0.15, -0.1) is 0 Å². The van der Waals surface area contributed by atoms with E-state index in [-0.39, 0.29) is 11.0 Å². The van der Waals surface area contributed by atoms with Crippen LogP contribution in [-0.2, 0) is 5.41 Å². The highest BCUT2D eigenvalue weighted by Crippen LogP contribution is 2.42. The van der Waals surface area contributed by atoms with E-state index in [4.69, 9.17) is 0 Å². The van der Waals surface area contributed by atoms with Gasteiger partial charge in [-0.05, 0) is 43.9 Å². The Morgan fingerprint density at radius 2 is 1.67 bits per heavy atom. The maximum absolute atomic E-state index is 4.12. The van der Waals surface area contributed by atoms with Crippen LogP contribution in [0.2, 0.25) is 0 Å². The number of hydrogen-bond donors (Lipinski definition) is 1. The minimum atomic E-state index is 0.0403. The van der Waals surface area contributed by atoms with Crippen LogP contribution < -0.4 is 10.2 Å². The van der Waals surface area contributed by atoms with Crippen molar-refractivity contribution in [3.63, 3.8) is 0 Å². The molecule has 1 aromatic carbocycles. The number of nitrogens with zero attached hydrogens (tertiary/aromatic N) is 1. The van der Waals surface area contributed by atoms with Gasteiger partial charge in [0.15, 0.2) is 0 Å². The average Bonchev–Trinajstić information content (AvgIpc) is 2.49. The van der Waals surface area contributed by atoms with Gasteiger partial charge in [-0.3, -0.25) is 0 Å². The largest absolute Gasteiger partial charge is 0.340 e. The third-order valence-electron chi connectivity index (χ3n) is 3.32. The number of nitrogens with one attached hydrogen (secondary N) is 1. The van der Waals surface area contributed by atoms with Gasteiger partial charge in [0, 0.05) is 5.54 Å². The summed E-state index contributed by atoms with van der Waals surface area (Å²) in [6, 6.07) is 6.66. The first-order valence-corrected chi connectivity index (χ1v) is 6.51. The summed E-state index contributed by atoms with van der Waals surface area (Å²) in [5.41, 5.74) is 3.95. The van der Waals surface area contributed by atoms with E-state index < -0.39 is 0 Å². The molecule has 1 heterocycles. The Bertz CT molecular complexity index is 487. The van der Waals surface area contributed by atoms with E-state index in [9.17, 15) is 0 Å². The lowest BCUT2D eigenvalue weighted by molar-refractivity contribution is 0.549. The topological polar surface area (TPSA) is 15.3 Å². The number of fused-ring (bicyclic) bond motifs is 1. The fraction of sp³-hybridized carbons (Fsp3) is 0.500. The molecule has 0 saturated carbocycles. The monoisotopic (exact) mass is 244 g/mol. The minimum Gasteiger partial charge on any atom is -0.340 e. The molecule has 0 bridgehead atoms. The zero-order chi connectivity index (χ0) is 13.7. The molecular weight excluding hydrogens is 220 g/mol. The Balaban J connectivity index is 2.48. The van der Waals surface area contributed by atoms with Crippen LogP contribution in [0.3, 0.4) is 0 Å². The molecule has 1 aromatic rings. The summed E-state index contributed by atoms with van der Waals surface area (Å²) < 4.78 is 0. The predicted molar refractivity (Wildman–Crippen MR) is 80.1 cm³/mol. The molecule has 1 aliphatic heterocycles. The van der Waals surface area contributed by atoms with Gasteiger partial charge in [0.2, 0.25) is 0 Å². The van der Waals surface area contributed by atoms with Gasteiger partial charge in [0.05, 0.1) is 11.4 Å². The third-order valence-corrected chi connectivity index (χ3v) is 3.32. The zero-order valence-corrected chi connectivity index (χ0v) is 12.4. The first kappa shape index (κ1) is 13.0. The Hall–Kier alpha value is -1.44. The normalized spacial score (nSPS) is 15.7. The quantitative estimate of drug-likeness (QED) is 0.723. The van der Waals surface area contributed by atoms with E-state index in [0.717, 1.165) is 5.82 Å². The molecule has 0 atom stereocenters. The highest BCUT2D eigenvalue weighted by Gasteiger charge is 2.32. The van der Waals surface area contributed by atoms with Crippen LogP contribution >= 0.6 is 0 Å². The summed E-state index contributed by atoms with van der Waals surface area (Å²) in [6.07, 6.45) is 0. The van der Waals surface area contributed by atoms with Crippen molar-refractivity contribution >= 4 is 11.4 Å². The average molecular weight is 244 g/mol. The second-order valence-electron chi connectivity index (χ2n) is 7.06.